The van der Waals surface area contributed by atoms with Crippen molar-refractivity contribution >= 4 is 11.5 Å². The van der Waals surface area contributed by atoms with Crippen LogP contribution in [0.2, 0.25) is 0 Å². The van der Waals surface area contributed by atoms with E-state index < -0.39 is 12.0 Å². The van der Waals surface area contributed by atoms with E-state index in [0.29, 0.717) is 49.0 Å². The van der Waals surface area contributed by atoms with Crippen LogP contribution in [0.4, 0.5) is 20.3 Å². The number of pyridine rings is 2. The molecule has 4 rings (SSSR count). The van der Waals surface area contributed by atoms with Gasteiger partial charge in [-0.1, -0.05) is 0 Å². The van der Waals surface area contributed by atoms with Crippen molar-refractivity contribution in [1.29, 1.82) is 0 Å². The molecule has 170 valence electrons. The van der Waals surface area contributed by atoms with Crippen LogP contribution < -0.4 is 10.1 Å². The normalized spacial score (nSPS) is 15.2. The number of nitrogens with zero attached hydrogens (tertiary/aromatic N) is 4. The summed E-state index contributed by atoms with van der Waals surface area (Å²) in [6.45, 7) is 4.41. The van der Waals surface area contributed by atoms with E-state index in [0.717, 1.165) is 0 Å². The minimum Gasteiger partial charge on any atom is -0.439 e. The smallest absolute Gasteiger partial charge is 0.282 e. The third-order valence-electron chi connectivity index (χ3n) is 5.09. The van der Waals surface area contributed by atoms with Gasteiger partial charge in [-0.05, 0) is 44.9 Å². The van der Waals surface area contributed by atoms with Crippen molar-refractivity contribution in [1.82, 2.24) is 19.7 Å². The first-order chi connectivity index (χ1) is 15.3. The average Bonchev–Trinajstić information content (AvgIpc) is 3.18. The molecule has 0 aliphatic carbocycles. The van der Waals surface area contributed by atoms with E-state index in [1.807, 2.05) is 0 Å². The number of anilines is 2. The summed E-state index contributed by atoms with van der Waals surface area (Å²) in [4.78, 5) is 8.46. The average molecular weight is 445 g/mol. The first kappa shape index (κ1) is 22.1. The highest BCUT2D eigenvalue weighted by molar-refractivity contribution is 5.57. The van der Waals surface area contributed by atoms with Crippen molar-refractivity contribution in [3.63, 3.8) is 0 Å². The van der Waals surface area contributed by atoms with Crippen LogP contribution in [0.3, 0.4) is 0 Å². The highest BCUT2D eigenvalue weighted by atomic mass is 19.3. The zero-order valence-corrected chi connectivity index (χ0v) is 17.8. The predicted octanol–water partition coefficient (Wildman–Crippen LogP) is 4.73. The van der Waals surface area contributed by atoms with Crippen molar-refractivity contribution < 1.29 is 23.4 Å². The first-order valence-corrected chi connectivity index (χ1v) is 10.3. The SMILES string of the molecule is CC(C)(O)c1cc(Nc2cc(Oc3cc(C(F)F)nn3C3CCOCC3)ccn2)ccn1. The fourth-order valence-corrected chi connectivity index (χ4v) is 3.42. The third-order valence-corrected chi connectivity index (χ3v) is 5.09. The molecule has 4 heterocycles. The Morgan fingerprint density at radius 2 is 1.91 bits per heavy atom. The van der Waals surface area contributed by atoms with Gasteiger partial charge in [-0.25, -0.2) is 18.4 Å². The number of hydrogen-bond donors (Lipinski definition) is 2. The van der Waals surface area contributed by atoms with Crippen LogP contribution in [0.1, 0.15) is 50.5 Å². The monoisotopic (exact) mass is 445 g/mol. The molecular formula is C22H25F2N5O3. The highest BCUT2D eigenvalue weighted by Crippen LogP contribution is 2.33. The summed E-state index contributed by atoms with van der Waals surface area (Å²) < 4.78 is 39.4. The van der Waals surface area contributed by atoms with Gasteiger partial charge >= 0.3 is 0 Å². The molecule has 1 saturated heterocycles. The summed E-state index contributed by atoms with van der Waals surface area (Å²) in [6, 6.07) is 7.98. The molecule has 10 heteroatoms. The maximum absolute atomic E-state index is 13.3. The maximum Gasteiger partial charge on any atom is 0.282 e. The molecule has 32 heavy (non-hydrogen) atoms. The second-order valence-electron chi connectivity index (χ2n) is 8.09. The molecular weight excluding hydrogens is 420 g/mol. The van der Waals surface area contributed by atoms with Crippen molar-refractivity contribution in [3.8, 4) is 11.6 Å². The maximum atomic E-state index is 13.3. The molecule has 0 spiro atoms. The van der Waals surface area contributed by atoms with Gasteiger partial charge in [-0.3, -0.25) is 4.98 Å². The van der Waals surface area contributed by atoms with E-state index in [1.54, 1.807) is 50.5 Å². The highest BCUT2D eigenvalue weighted by Gasteiger charge is 2.24. The molecule has 0 saturated carbocycles. The number of aromatic nitrogens is 4. The van der Waals surface area contributed by atoms with E-state index in [9.17, 15) is 13.9 Å². The molecule has 3 aromatic rings. The van der Waals surface area contributed by atoms with Crippen LogP contribution in [0.5, 0.6) is 11.6 Å². The van der Waals surface area contributed by atoms with E-state index in [4.69, 9.17) is 9.47 Å². The Morgan fingerprint density at radius 3 is 2.62 bits per heavy atom. The molecule has 8 nitrogen and oxygen atoms in total. The fraction of sp³-hybridized carbons (Fsp3) is 0.409. The van der Waals surface area contributed by atoms with Crippen LogP contribution in [0.15, 0.2) is 42.7 Å². The lowest BCUT2D eigenvalue weighted by molar-refractivity contribution is 0.0635. The van der Waals surface area contributed by atoms with E-state index in [1.165, 1.54) is 10.7 Å². The summed E-state index contributed by atoms with van der Waals surface area (Å²) in [5, 5.41) is 17.4. The van der Waals surface area contributed by atoms with Gasteiger partial charge in [0.25, 0.3) is 6.43 Å². The van der Waals surface area contributed by atoms with Gasteiger partial charge < -0.3 is 19.9 Å². The molecule has 0 bridgehead atoms. The fourth-order valence-electron chi connectivity index (χ4n) is 3.42. The van der Waals surface area contributed by atoms with Crippen molar-refractivity contribution in [3.05, 3.63) is 54.1 Å². The summed E-state index contributed by atoms with van der Waals surface area (Å²) in [6.07, 6.45) is 1.81. The zero-order chi connectivity index (χ0) is 22.7. The van der Waals surface area contributed by atoms with Gasteiger partial charge in [-0.2, -0.15) is 5.10 Å². The van der Waals surface area contributed by atoms with Gasteiger partial charge in [0.05, 0.1) is 11.7 Å². The number of alkyl halides is 2. The van der Waals surface area contributed by atoms with Crippen LogP contribution >= 0.6 is 0 Å². The Kier molecular flexibility index (Phi) is 6.33. The van der Waals surface area contributed by atoms with Gasteiger partial charge in [0.2, 0.25) is 5.88 Å². The van der Waals surface area contributed by atoms with Crippen LogP contribution in [-0.4, -0.2) is 38.1 Å². The van der Waals surface area contributed by atoms with Gasteiger partial charge in [-0.15, -0.1) is 0 Å². The Bertz CT molecular complexity index is 1060. The van der Waals surface area contributed by atoms with Gasteiger partial charge in [0.1, 0.15) is 22.9 Å². The Morgan fingerprint density at radius 1 is 1.16 bits per heavy atom. The number of rotatable bonds is 7. The molecule has 3 aromatic heterocycles. The van der Waals surface area contributed by atoms with E-state index in [-0.39, 0.29) is 17.6 Å². The Hall–Kier alpha value is -3.11. The lowest BCUT2D eigenvalue weighted by atomic mass is 10.0. The quantitative estimate of drug-likeness (QED) is 0.543. The number of ether oxygens (including phenoxy) is 2. The minimum absolute atomic E-state index is 0.0669. The summed E-state index contributed by atoms with van der Waals surface area (Å²) >= 11 is 0. The van der Waals surface area contributed by atoms with E-state index >= 15 is 0 Å². The molecule has 0 atom stereocenters. The third kappa shape index (κ3) is 5.20. The van der Waals surface area contributed by atoms with Crippen molar-refractivity contribution in [2.45, 2.75) is 44.8 Å². The van der Waals surface area contributed by atoms with Crippen molar-refractivity contribution in [2.75, 3.05) is 18.5 Å². The van der Waals surface area contributed by atoms with Crippen LogP contribution in [0.25, 0.3) is 0 Å². The van der Waals surface area contributed by atoms with E-state index in [2.05, 4.69) is 20.4 Å². The predicted molar refractivity (Wildman–Crippen MR) is 113 cm³/mol. The molecule has 0 amide bonds. The summed E-state index contributed by atoms with van der Waals surface area (Å²) in [5.41, 5.74) is -0.209. The number of hydrogen-bond acceptors (Lipinski definition) is 7. The molecule has 1 aliphatic rings. The molecule has 0 radical (unpaired) electrons. The van der Waals surface area contributed by atoms with Gasteiger partial charge in [0.15, 0.2) is 0 Å². The first-order valence-electron chi connectivity index (χ1n) is 10.3. The lowest BCUT2D eigenvalue weighted by Crippen LogP contribution is -2.21. The van der Waals surface area contributed by atoms with Gasteiger partial charge in [0, 0.05) is 43.4 Å². The molecule has 0 unspecified atom stereocenters. The molecule has 1 aliphatic heterocycles. The van der Waals surface area contributed by atoms with Crippen molar-refractivity contribution in [2.24, 2.45) is 0 Å². The minimum atomic E-state index is -2.69. The van der Waals surface area contributed by atoms with Crippen LogP contribution in [0, 0.1) is 0 Å². The summed E-state index contributed by atoms with van der Waals surface area (Å²) in [7, 11) is 0. The molecule has 0 aromatic carbocycles. The Labute approximate surface area is 184 Å². The second-order valence-corrected chi connectivity index (χ2v) is 8.09. The standard InChI is InChI=1S/C22H25F2N5O3/c1-22(2,30)18-11-14(3-7-25-18)27-19-12-16(4-8-26-19)32-20-13-17(21(23)24)28-29(20)15-5-9-31-10-6-15/h3-4,7-8,11-13,15,21,30H,5-6,9-10H2,1-2H3,(H,25,26,27). The lowest BCUT2D eigenvalue weighted by Gasteiger charge is -2.23. The Balaban J connectivity index is 1.56. The second kappa shape index (κ2) is 9.17. The van der Waals surface area contributed by atoms with Crippen LogP contribution in [-0.2, 0) is 10.3 Å². The largest absolute Gasteiger partial charge is 0.439 e. The molecule has 1 fully saturated rings. The summed E-state index contributed by atoms with van der Waals surface area (Å²) in [5.74, 6) is 1.16. The topological polar surface area (TPSA) is 94.3 Å². The number of aliphatic hydroxyl groups is 1. The zero-order valence-electron chi connectivity index (χ0n) is 17.8. The number of nitrogens with one attached hydrogen (secondary N) is 1. The number of halogens is 2. The molecule has 2 N–H and O–H groups in total.